The molecule has 2 fully saturated rings. The highest BCUT2D eigenvalue weighted by atomic mass is 16.5. The van der Waals surface area contributed by atoms with Gasteiger partial charge >= 0.3 is 0 Å². The molecule has 0 bridgehead atoms. The summed E-state index contributed by atoms with van der Waals surface area (Å²) in [6, 6.07) is 9.61. The second kappa shape index (κ2) is 6.34. The molecule has 2 aromatic heterocycles. The predicted molar refractivity (Wildman–Crippen MR) is 95.8 cm³/mol. The van der Waals surface area contributed by atoms with Crippen LogP contribution in [0.3, 0.4) is 0 Å². The largest absolute Gasteiger partial charge is 0.367 e. The molecule has 7 nitrogen and oxygen atoms in total. The summed E-state index contributed by atoms with van der Waals surface area (Å²) in [6.07, 6.45) is 3.52. The van der Waals surface area contributed by atoms with E-state index in [-0.39, 0.29) is 11.7 Å². The van der Waals surface area contributed by atoms with E-state index in [0.29, 0.717) is 29.9 Å². The minimum absolute atomic E-state index is 0.185. The second-order valence-corrected chi connectivity index (χ2v) is 7.02. The van der Waals surface area contributed by atoms with Gasteiger partial charge in [-0.3, -0.25) is 9.69 Å². The number of nitrogens with one attached hydrogen (secondary N) is 1. The summed E-state index contributed by atoms with van der Waals surface area (Å²) < 4.78 is 11.5. The first kappa shape index (κ1) is 15.7. The number of ether oxygens (including phenoxy) is 1. The number of benzene rings is 1. The zero-order valence-corrected chi connectivity index (χ0v) is 14.4. The van der Waals surface area contributed by atoms with Crippen molar-refractivity contribution in [3.63, 3.8) is 0 Å². The number of fused-ring (bicyclic) bond motifs is 2. The van der Waals surface area contributed by atoms with Gasteiger partial charge in [0.2, 0.25) is 11.4 Å². The number of rotatable bonds is 2. The Labute approximate surface area is 150 Å². The van der Waals surface area contributed by atoms with Crippen LogP contribution in [0.25, 0.3) is 22.4 Å². The third kappa shape index (κ3) is 2.73. The van der Waals surface area contributed by atoms with Crippen molar-refractivity contribution in [3.05, 3.63) is 46.5 Å². The molecule has 5 rings (SSSR count). The van der Waals surface area contributed by atoms with Crippen LogP contribution in [0, 0.1) is 0 Å². The van der Waals surface area contributed by atoms with Gasteiger partial charge < -0.3 is 14.2 Å². The first-order valence-electron chi connectivity index (χ1n) is 9.09. The summed E-state index contributed by atoms with van der Waals surface area (Å²) in [5, 5.41) is 5.02. The van der Waals surface area contributed by atoms with E-state index in [1.807, 2.05) is 24.3 Å². The fraction of sp³-hybridized carbons (Fsp3) is 0.421. The molecule has 1 N–H and O–H groups in total. The third-order valence-corrected chi connectivity index (χ3v) is 5.35. The normalized spacial score (nSPS) is 23.8. The standard InChI is InChI=1S/C19H20N4O3/c24-17-9-14(13-6-1-2-7-15(13)20-17)19-21-18(22-26-19)16-10-23-8-4-3-5-12(23)11-25-16/h1-2,6-7,9,12,16H,3-5,8,10-11H2,(H,20,24)/t12?,16-/m1/s1. The minimum atomic E-state index is -0.191. The zero-order valence-electron chi connectivity index (χ0n) is 14.4. The van der Waals surface area contributed by atoms with Crippen molar-refractivity contribution in [2.75, 3.05) is 19.7 Å². The molecule has 0 radical (unpaired) electrons. The third-order valence-electron chi connectivity index (χ3n) is 5.35. The van der Waals surface area contributed by atoms with Crippen LogP contribution in [0.1, 0.15) is 31.2 Å². The number of piperidine rings is 1. The van der Waals surface area contributed by atoms with Crippen molar-refractivity contribution in [2.24, 2.45) is 0 Å². The van der Waals surface area contributed by atoms with E-state index in [4.69, 9.17) is 9.26 Å². The van der Waals surface area contributed by atoms with Gasteiger partial charge in [-0.05, 0) is 25.5 Å². The molecule has 134 valence electrons. The molecule has 2 aliphatic rings. The lowest BCUT2D eigenvalue weighted by Gasteiger charge is -2.41. The average Bonchev–Trinajstić information content (AvgIpc) is 3.17. The molecule has 0 aliphatic carbocycles. The lowest BCUT2D eigenvalue weighted by molar-refractivity contribution is -0.0805. The molecule has 4 heterocycles. The number of hydrogen-bond donors (Lipinski definition) is 1. The van der Waals surface area contributed by atoms with Gasteiger partial charge in [0.1, 0.15) is 6.10 Å². The zero-order chi connectivity index (χ0) is 17.5. The predicted octanol–water partition coefficient (Wildman–Crippen LogP) is 2.50. The Morgan fingerprint density at radius 1 is 1.23 bits per heavy atom. The monoisotopic (exact) mass is 352 g/mol. The summed E-state index contributed by atoms with van der Waals surface area (Å²) in [5.41, 5.74) is 1.21. The summed E-state index contributed by atoms with van der Waals surface area (Å²) in [7, 11) is 0. The Bertz CT molecular complexity index is 996. The number of aromatic amines is 1. The summed E-state index contributed by atoms with van der Waals surface area (Å²) in [6.45, 7) is 2.61. The molecule has 2 aliphatic heterocycles. The van der Waals surface area contributed by atoms with E-state index >= 15 is 0 Å². The van der Waals surface area contributed by atoms with Gasteiger partial charge in [0.05, 0.1) is 12.2 Å². The number of pyridine rings is 1. The SMILES string of the molecule is O=c1cc(-c2nc([C@H]3CN4CCCCC4CO3)no2)c2ccccc2[nH]1. The van der Waals surface area contributed by atoms with Crippen molar-refractivity contribution in [3.8, 4) is 11.5 Å². The van der Waals surface area contributed by atoms with Crippen molar-refractivity contribution in [2.45, 2.75) is 31.4 Å². The molecule has 0 spiro atoms. The van der Waals surface area contributed by atoms with Crippen LogP contribution in [0.5, 0.6) is 0 Å². The van der Waals surface area contributed by atoms with Crippen molar-refractivity contribution < 1.29 is 9.26 Å². The van der Waals surface area contributed by atoms with Gasteiger partial charge in [0.25, 0.3) is 5.89 Å². The van der Waals surface area contributed by atoms with Crippen LogP contribution in [-0.4, -0.2) is 45.8 Å². The highest BCUT2D eigenvalue weighted by Crippen LogP contribution is 2.30. The number of aromatic nitrogens is 3. The quantitative estimate of drug-likeness (QED) is 0.763. The van der Waals surface area contributed by atoms with E-state index in [0.717, 1.165) is 24.0 Å². The van der Waals surface area contributed by atoms with Gasteiger partial charge in [-0.15, -0.1) is 0 Å². The van der Waals surface area contributed by atoms with Gasteiger partial charge in [0, 0.05) is 29.6 Å². The smallest absolute Gasteiger partial charge is 0.258 e. The number of nitrogens with zero attached hydrogens (tertiary/aromatic N) is 3. The van der Waals surface area contributed by atoms with Crippen LogP contribution >= 0.6 is 0 Å². The van der Waals surface area contributed by atoms with E-state index in [1.54, 1.807) is 0 Å². The van der Waals surface area contributed by atoms with Gasteiger partial charge in [-0.1, -0.05) is 29.8 Å². The van der Waals surface area contributed by atoms with Crippen LogP contribution in [0.15, 0.2) is 39.6 Å². The fourth-order valence-electron chi connectivity index (χ4n) is 3.99. The van der Waals surface area contributed by atoms with Crippen molar-refractivity contribution in [1.82, 2.24) is 20.0 Å². The number of hydrogen-bond acceptors (Lipinski definition) is 6. The van der Waals surface area contributed by atoms with E-state index in [9.17, 15) is 4.79 Å². The highest BCUT2D eigenvalue weighted by molar-refractivity contribution is 5.91. The Kier molecular flexibility index (Phi) is 3.83. The molecule has 1 aromatic carbocycles. The summed E-state index contributed by atoms with van der Waals surface area (Å²) >= 11 is 0. The molecule has 7 heteroatoms. The Hall–Kier alpha value is -2.51. The summed E-state index contributed by atoms with van der Waals surface area (Å²) in [5.74, 6) is 0.903. The number of para-hydroxylation sites is 1. The topological polar surface area (TPSA) is 84.2 Å². The molecule has 26 heavy (non-hydrogen) atoms. The highest BCUT2D eigenvalue weighted by Gasteiger charge is 2.33. The Morgan fingerprint density at radius 2 is 2.15 bits per heavy atom. The van der Waals surface area contributed by atoms with Gasteiger partial charge in [-0.2, -0.15) is 4.98 Å². The first-order chi connectivity index (χ1) is 12.8. The molecular formula is C19H20N4O3. The molecule has 0 saturated carbocycles. The molecule has 3 aromatic rings. The number of morpholine rings is 1. The summed E-state index contributed by atoms with van der Waals surface area (Å²) in [4.78, 5) is 21.8. The van der Waals surface area contributed by atoms with Gasteiger partial charge in [-0.25, -0.2) is 0 Å². The molecule has 0 amide bonds. The van der Waals surface area contributed by atoms with Crippen molar-refractivity contribution >= 4 is 10.9 Å². The lowest BCUT2D eigenvalue weighted by atomic mass is 10.0. The van der Waals surface area contributed by atoms with E-state index in [2.05, 4.69) is 20.0 Å². The second-order valence-electron chi connectivity index (χ2n) is 7.02. The number of H-pyrrole nitrogens is 1. The van der Waals surface area contributed by atoms with Crippen LogP contribution in [-0.2, 0) is 4.74 Å². The van der Waals surface area contributed by atoms with Crippen LogP contribution in [0.4, 0.5) is 0 Å². The lowest BCUT2D eigenvalue weighted by Crippen LogP contribution is -2.49. The fourth-order valence-corrected chi connectivity index (χ4v) is 3.99. The molecular weight excluding hydrogens is 332 g/mol. The Balaban J connectivity index is 1.47. The molecule has 2 atom stereocenters. The van der Waals surface area contributed by atoms with Crippen LogP contribution in [0.2, 0.25) is 0 Å². The minimum Gasteiger partial charge on any atom is -0.367 e. The van der Waals surface area contributed by atoms with E-state index in [1.165, 1.54) is 25.3 Å². The maximum absolute atomic E-state index is 12.0. The maximum atomic E-state index is 12.0. The Morgan fingerprint density at radius 3 is 3.12 bits per heavy atom. The molecule has 1 unspecified atom stereocenters. The first-order valence-corrected chi connectivity index (χ1v) is 9.09. The van der Waals surface area contributed by atoms with Crippen LogP contribution < -0.4 is 5.56 Å². The van der Waals surface area contributed by atoms with E-state index < -0.39 is 0 Å². The van der Waals surface area contributed by atoms with Crippen molar-refractivity contribution in [1.29, 1.82) is 0 Å². The average molecular weight is 352 g/mol. The molecule has 2 saturated heterocycles. The van der Waals surface area contributed by atoms with Gasteiger partial charge in [0.15, 0.2) is 0 Å². The maximum Gasteiger partial charge on any atom is 0.258 e.